The molecule has 1 amide bonds. The first-order valence-electron chi connectivity index (χ1n) is 7.33. The summed E-state index contributed by atoms with van der Waals surface area (Å²) in [5.74, 6) is 1.42. The van der Waals surface area contributed by atoms with Crippen molar-refractivity contribution in [2.45, 2.75) is 26.2 Å². The minimum Gasteiger partial charge on any atom is -0.493 e. The second kappa shape index (κ2) is 7.67. The molecule has 1 heterocycles. The van der Waals surface area contributed by atoms with E-state index in [1.54, 1.807) is 0 Å². The Labute approximate surface area is 129 Å². The first-order valence-corrected chi connectivity index (χ1v) is 8.45. The van der Waals surface area contributed by atoms with Crippen molar-refractivity contribution < 1.29 is 9.53 Å². The number of ether oxygens (including phenoxy) is 1. The fourth-order valence-electron chi connectivity index (χ4n) is 2.73. The van der Waals surface area contributed by atoms with E-state index in [9.17, 15) is 4.79 Å². The van der Waals surface area contributed by atoms with Gasteiger partial charge in [0.05, 0.1) is 12.2 Å². The minimum atomic E-state index is 0.105. The van der Waals surface area contributed by atoms with Gasteiger partial charge in [-0.25, -0.2) is 0 Å². The van der Waals surface area contributed by atoms with Crippen LogP contribution in [-0.4, -0.2) is 35.8 Å². The molecule has 0 N–H and O–H groups in total. The molecule has 3 nitrogen and oxygen atoms in total. The molecule has 0 bridgehead atoms. The molecule has 0 radical (unpaired) electrons. The van der Waals surface area contributed by atoms with Crippen LogP contribution in [0.3, 0.4) is 0 Å². The Kier molecular flexibility index (Phi) is 5.89. The zero-order valence-corrected chi connectivity index (χ0v) is 13.6. The van der Waals surface area contributed by atoms with Gasteiger partial charge in [-0.05, 0) is 44.2 Å². The van der Waals surface area contributed by atoms with Gasteiger partial charge < -0.3 is 9.64 Å². The number of amides is 1. The topological polar surface area (TPSA) is 29.5 Å². The van der Waals surface area contributed by atoms with Crippen molar-refractivity contribution in [2.24, 2.45) is 5.92 Å². The number of hydrogen-bond acceptors (Lipinski definition) is 2. The van der Waals surface area contributed by atoms with Crippen molar-refractivity contribution in [1.82, 2.24) is 4.90 Å². The van der Waals surface area contributed by atoms with E-state index in [0.717, 1.165) is 31.3 Å². The highest BCUT2D eigenvalue weighted by Crippen LogP contribution is 2.25. The van der Waals surface area contributed by atoms with E-state index in [1.165, 1.54) is 6.42 Å². The van der Waals surface area contributed by atoms with E-state index < -0.39 is 0 Å². The van der Waals surface area contributed by atoms with Crippen molar-refractivity contribution in [3.63, 3.8) is 0 Å². The van der Waals surface area contributed by atoms with Crippen LogP contribution in [0.15, 0.2) is 24.3 Å². The number of likely N-dealkylation sites (tertiary alicyclic amines) is 1. The Bertz CT molecular complexity index is 448. The van der Waals surface area contributed by atoms with Crippen LogP contribution >= 0.6 is 15.9 Å². The van der Waals surface area contributed by atoms with Gasteiger partial charge in [-0.2, -0.15) is 0 Å². The number of alkyl halides is 1. The van der Waals surface area contributed by atoms with Gasteiger partial charge in [0.1, 0.15) is 5.75 Å². The maximum absolute atomic E-state index is 12.7. The normalized spacial score (nSPS) is 18.9. The lowest BCUT2D eigenvalue weighted by atomic mass is 9.95. The van der Waals surface area contributed by atoms with E-state index in [-0.39, 0.29) is 5.91 Å². The molecule has 2 rings (SSSR count). The van der Waals surface area contributed by atoms with Gasteiger partial charge in [0.15, 0.2) is 0 Å². The van der Waals surface area contributed by atoms with Crippen molar-refractivity contribution in [3.8, 4) is 5.75 Å². The molecule has 1 fully saturated rings. The largest absolute Gasteiger partial charge is 0.493 e. The average Bonchev–Trinajstić information content (AvgIpc) is 2.48. The summed E-state index contributed by atoms with van der Waals surface area (Å²) in [6.45, 7) is 4.24. The summed E-state index contributed by atoms with van der Waals surface area (Å²) in [4.78, 5) is 14.7. The van der Waals surface area contributed by atoms with E-state index in [2.05, 4.69) is 15.9 Å². The summed E-state index contributed by atoms with van der Waals surface area (Å²) in [5.41, 5.74) is 0.689. The minimum absolute atomic E-state index is 0.105. The Morgan fingerprint density at radius 3 is 3.00 bits per heavy atom. The molecule has 4 heteroatoms. The number of nitrogens with zero attached hydrogens (tertiary/aromatic N) is 1. The van der Waals surface area contributed by atoms with Crippen LogP contribution in [0.2, 0.25) is 0 Å². The summed E-state index contributed by atoms with van der Waals surface area (Å²) >= 11 is 3.50. The van der Waals surface area contributed by atoms with Crippen LogP contribution in [0.25, 0.3) is 0 Å². The lowest BCUT2D eigenvalue weighted by Gasteiger charge is -2.33. The third-order valence-corrected chi connectivity index (χ3v) is 4.20. The van der Waals surface area contributed by atoms with Gasteiger partial charge in [-0.15, -0.1) is 0 Å². The van der Waals surface area contributed by atoms with Crippen LogP contribution in [0.1, 0.15) is 36.5 Å². The number of carbonyl (C=O) groups is 1. The first-order chi connectivity index (χ1) is 9.76. The lowest BCUT2D eigenvalue weighted by molar-refractivity contribution is 0.0668. The van der Waals surface area contributed by atoms with Crippen molar-refractivity contribution >= 4 is 21.8 Å². The molecule has 1 aliphatic heterocycles. The Balaban J connectivity index is 2.10. The number of benzene rings is 1. The lowest BCUT2D eigenvalue weighted by Crippen LogP contribution is -2.40. The van der Waals surface area contributed by atoms with Crippen LogP contribution in [-0.2, 0) is 0 Å². The van der Waals surface area contributed by atoms with Gasteiger partial charge in [0.25, 0.3) is 5.91 Å². The second-order valence-corrected chi connectivity index (χ2v) is 5.96. The summed E-state index contributed by atoms with van der Waals surface area (Å²) in [6.07, 6.45) is 3.46. The molecular weight excluding hydrogens is 318 g/mol. The maximum atomic E-state index is 12.7. The summed E-state index contributed by atoms with van der Waals surface area (Å²) in [5, 5.41) is 1.01. The summed E-state index contributed by atoms with van der Waals surface area (Å²) < 4.78 is 5.57. The molecule has 0 aromatic heterocycles. The van der Waals surface area contributed by atoms with E-state index in [1.807, 2.05) is 36.1 Å². The van der Waals surface area contributed by atoms with Gasteiger partial charge >= 0.3 is 0 Å². The molecule has 1 atom stereocenters. The number of rotatable bonds is 5. The molecular formula is C16H22BrNO2. The predicted octanol–water partition coefficient (Wildman–Crippen LogP) is 3.72. The Morgan fingerprint density at radius 1 is 1.45 bits per heavy atom. The van der Waals surface area contributed by atoms with Gasteiger partial charge in [0, 0.05) is 18.4 Å². The number of halogens is 1. The monoisotopic (exact) mass is 339 g/mol. The number of hydrogen-bond donors (Lipinski definition) is 0. The molecule has 1 unspecified atom stereocenters. The van der Waals surface area contributed by atoms with Crippen LogP contribution in [0, 0.1) is 5.92 Å². The average molecular weight is 340 g/mol. The molecule has 110 valence electrons. The van der Waals surface area contributed by atoms with Crippen LogP contribution in [0.4, 0.5) is 0 Å². The van der Waals surface area contributed by atoms with Gasteiger partial charge in [0.2, 0.25) is 0 Å². The van der Waals surface area contributed by atoms with Crippen molar-refractivity contribution in [1.29, 1.82) is 0 Å². The van der Waals surface area contributed by atoms with E-state index >= 15 is 0 Å². The highest BCUT2D eigenvalue weighted by atomic mass is 79.9. The van der Waals surface area contributed by atoms with Gasteiger partial charge in [-0.1, -0.05) is 28.1 Å². The van der Waals surface area contributed by atoms with Crippen LogP contribution in [0.5, 0.6) is 5.75 Å². The first kappa shape index (κ1) is 15.4. The third-order valence-electron chi connectivity index (χ3n) is 3.74. The zero-order valence-electron chi connectivity index (χ0n) is 12.0. The quantitative estimate of drug-likeness (QED) is 0.765. The molecule has 0 spiro atoms. The number of carbonyl (C=O) groups excluding carboxylic acids is 1. The number of piperidine rings is 1. The predicted molar refractivity (Wildman–Crippen MR) is 84.6 cm³/mol. The SMILES string of the molecule is CCOc1ccccc1C(=O)N1CCCC(CCBr)C1. The second-order valence-electron chi connectivity index (χ2n) is 5.17. The maximum Gasteiger partial charge on any atom is 0.257 e. The fourth-order valence-corrected chi connectivity index (χ4v) is 3.38. The standard InChI is InChI=1S/C16H22BrNO2/c1-2-20-15-8-4-3-7-14(15)16(19)18-11-5-6-13(12-18)9-10-17/h3-4,7-8,13H,2,5-6,9-12H2,1H3. The molecule has 1 aromatic rings. The molecule has 0 saturated carbocycles. The van der Waals surface area contributed by atoms with E-state index in [0.29, 0.717) is 23.8 Å². The Hall–Kier alpha value is -1.03. The summed E-state index contributed by atoms with van der Waals surface area (Å²) in [6, 6.07) is 7.54. The molecule has 20 heavy (non-hydrogen) atoms. The Morgan fingerprint density at radius 2 is 2.25 bits per heavy atom. The number of para-hydroxylation sites is 1. The molecule has 1 aliphatic rings. The molecule has 0 aliphatic carbocycles. The smallest absolute Gasteiger partial charge is 0.257 e. The summed E-state index contributed by atoms with van der Waals surface area (Å²) in [7, 11) is 0. The zero-order chi connectivity index (χ0) is 14.4. The van der Waals surface area contributed by atoms with Gasteiger partial charge in [-0.3, -0.25) is 4.79 Å². The fraction of sp³-hybridized carbons (Fsp3) is 0.562. The third kappa shape index (κ3) is 3.75. The van der Waals surface area contributed by atoms with Crippen LogP contribution < -0.4 is 4.74 Å². The molecule has 1 saturated heterocycles. The van der Waals surface area contributed by atoms with Crippen molar-refractivity contribution in [3.05, 3.63) is 29.8 Å². The molecule has 1 aromatic carbocycles. The highest BCUT2D eigenvalue weighted by molar-refractivity contribution is 9.09. The van der Waals surface area contributed by atoms with Crippen molar-refractivity contribution in [2.75, 3.05) is 25.0 Å². The highest BCUT2D eigenvalue weighted by Gasteiger charge is 2.25. The van der Waals surface area contributed by atoms with E-state index in [4.69, 9.17) is 4.74 Å².